The summed E-state index contributed by atoms with van der Waals surface area (Å²) in [6.45, 7) is 1.94. The van der Waals surface area contributed by atoms with Crippen molar-refractivity contribution in [3.8, 4) is 0 Å². The Morgan fingerprint density at radius 3 is 2.86 bits per heavy atom. The number of nitrogens with one attached hydrogen (secondary N) is 1. The number of hydrogen-bond donors (Lipinski definition) is 2. The van der Waals surface area contributed by atoms with E-state index < -0.39 is 5.97 Å². The molecule has 14 heavy (non-hydrogen) atoms. The molecule has 0 unspecified atom stereocenters. The van der Waals surface area contributed by atoms with Gasteiger partial charge in [0.2, 0.25) is 0 Å². The Hall–Kier alpha value is -1.29. The number of aromatic nitrogens is 1. The lowest BCUT2D eigenvalue weighted by molar-refractivity contribution is 0.0699. The minimum atomic E-state index is -0.909. The fourth-order valence-electron chi connectivity index (χ4n) is 1.55. The zero-order chi connectivity index (χ0) is 10.3. The van der Waals surface area contributed by atoms with E-state index in [1.165, 1.54) is 6.20 Å². The number of aryl methyl sites for hydroxylation is 1. The minimum Gasteiger partial charge on any atom is -0.478 e. The molecule has 0 aliphatic heterocycles. The van der Waals surface area contributed by atoms with Gasteiger partial charge in [-0.1, -0.05) is 15.9 Å². The lowest BCUT2D eigenvalue weighted by Gasteiger charge is -1.98. The molecule has 2 rings (SSSR count). The smallest absolute Gasteiger partial charge is 0.337 e. The van der Waals surface area contributed by atoms with E-state index in [-0.39, 0.29) is 0 Å². The van der Waals surface area contributed by atoms with Crippen LogP contribution in [0.2, 0.25) is 0 Å². The van der Waals surface area contributed by atoms with E-state index in [0.717, 1.165) is 20.9 Å². The first-order chi connectivity index (χ1) is 6.59. The van der Waals surface area contributed by atoms with Crippen molar-refractivity contribution in [2.75, 3.05) is 0 Å². The summed E-state index contributed by atoms with van der Waals surface area (Å²) >= 11 is 3.34. The van der Waals surface area contributed by atoms with Gasteiger partial charge in [-0.3, -0.25) is 0 Å². The highest BCUT2D eigenvalue weighted by molar-refractivity contribution is 9.10. The van der Waals surface area contributed by atoms with Crippen LogP contribution in [0, 0.1) is 6.92 Å². The fraction of sp³-hybridized carbons (Fsp3) is 0.100. The molecular formula is C10H8BrNO2. The molecule has 0 bridgehead atoms. The summed E-state index contributed by atoms with van der Waals surface area (Å²) in [5.41, 5.74) is 2.22. The Morgan fingerprint density at radius 2 is 2.21 bits per heavy atom. The molecule has 0 saturated heterocycles. The van der Waals surface area contributed by atoms with E-state index in [4.69, 9.17) is 5.11 Å². The van der Waals surface area contributed by atoms with E-state index in [2.05, 4.69) is 20.9 Å². The van der Waals surface area contributed by atoms with Crippen LogP contribution in [0.25, 0.3) is 10.9 Å². The van der Waals surface area contributed by atoms with E-state index in [0.29, 0.717) is 5.56 Å². The van der Waals surface area contributed by atoms with Gasteiger partial charge in [0.1, 0.15) is 0 Å². The van der Waals surface area contributed by atoms with Crippen molar-refractivity contribution in [1.82, 2.24) is 4.98 Å². The molecule has 0 saturated carbocycles. The number of rotatable bonds is 1. The van der Waals surface area contributed by atoms with Crippen molar-refractivity contribution >= 4 is 32.8 Å². The van der Waals surface area contributed by atoms with Crippen LogP contribution in [0.3, 0.4) is 0 Å². The van der Waals surface area contributed by atoms with Crippen molar-refractivity contribution in [2.45, 2.75) is 6.92 Å². The van der Waals surface area contributed by atoms with Gasteiger partial charge < -0.3 is 10.1 Å². The molecule has 1 heterocycles. The molecule has 0 atom stereocenters. The SMILES string of the molecule is Cc1cc(Br)cc2c(C(=O)O)c[nH]c12. The van der Waals surface area contributed by atoms with Crippen LogP contribution in [0.4, 0.5) is 0 Å². The number of hydrogen-bond acceptors (Lipinski definition) is 1. The molecular weight excluding hydrogens is 246 g/mol. The third-order valence-electron chi connectivity index (χ3n) is 2.18. The van der Waals surface area contributed by atoms with Crippen LogP contribution in [0.15, 0.2) is 22.8 Å². The van der Waals surface area contributed by atoms with Crippen LogP contribution in [0.1, 0.15) is 15.9 Å². The highest BCUT2D eigenvalue weighted by Crippen LogP contribution is 2.25. The number of carboxylic acids is 1. The first kappa shape index (κ1) is 9.27. The van der Waals surface area contributed by atoms with Gasteiger partial charge in [0.25, 0.3) is 0 Å². The Morgan fingerprint density at radius 1 is 1.50 bits per heavy atom. The first-order valence-corrected chi connectivity index (χ1v) is 4.89. The van der Waals surface area contributed by atoms with Gasteiger partial charge in [-0.2, -0.15) is 0 Å². The van der Waals surface area contributed by atoms with Crippen LogP contribution < -0.4 is 0 Å². The molecule has 0 aliphatic rings. The second-order valence-corrected chi connectivity index (χ2v) is 4.07. The molecule has 1 aromatic carbocycles. The number of benzene rings is 1. The molecule has 3 nitrogen and oxygen atoms in total. The zero-order valence-corrected chi connectivity index (χ0v) is 9.05. The summed E-state index contributed by atoms with van der Waals surface area (Å²) in [4.78, 5) is 13.8. The number of aromatic amines is 1. The summed E-state index contributed by atoms with van der Waals surface area (Å²) in [5, 5.41) is 9.66. The molecule has 1 aromatic heterocycles. The molecule has 0 fully saturated rings. The number of fused-ring (bicyclic) bond motifs is 1. The van der Waals surface area contributed by atoms with E-state index in [1.807, 2.05) is 19.1 Å². The van der Waals surface area contributed by atoms with Crippen molar-refractivity contribution in [2.24, 2.45) is 0 Å². The Kier molecular flexibility index (Phi) is 2.07. The third-order valence-corrected chi connectivity index (χ3v) is 2.64. The molecule has 0 aliphatic carbocycles. The second-order valence-electron chi connectivity index (χ2n) is 3.15. The predicted molar refractivity (Wildman–Crippen MR) is 57.7 cm³/mol. The number of carbonyl (C=O) groups is 1. The van der Waals surface area contributed by atoms with Crippen molar-refractivity contribution in [3.63, 3.8) is 0 Å². The lowest BCUT2D eigenvalue weighted by Crippen LogP contribution is -1.93. The highest BCUT2D eigenvalue weighted by atomic mass is 79.9. The average molecular weight is 254 g/mol. The number of H-pyrrole nitrogens is 1. The van der Waals surface area contributed by atoms with Crippen LogP contribution in [-0.2, 0) is 0 Å². The topological polar surface area (TPSA) is 53.1 Å². The van der Waals surface area contributed by atoms with Gasteiger partial charge in [-0.05, 0) is 24.6 Å². The molecule has 2 aromatic rings. The monoisotopic (exact) mass is 253 g/mol. The zero-order valence-electron chi connectivity index (χ0n) is 7.47. The van der Waals surface area contributed by atoms with Crippen molar-refractivity contribution in [1.29, 1.82) is 0 Å². The molecule has 2 N–H and O–H groups in total. The van der Waals surface area contributed by atoms with E-state index in [1.54, 1.807) is 0 Å². The van der Waals surface area contributed by atoms with Gasteiger partial charge >= 0.3 is 5.97 Å². The van der Waals surface area contributed by atoms with Gasteiger partial charge in [-0.15, -0.1) is 0 Å². The summed E-state index contributed by atoms with van der Waals surface area (Å²) < 4.78 is 0.893. The van der Waals surface area contributed by atoms with E-state index >= 15 is 0 Å². The maximum atomic E-state index is 10.9. The van der Waals surface area contributed by atoms with Gasteiger partial charge in [0, 0.05) is 21.6 Å². The summed E-state index contributed by atoms with van der Waals surface area (Å²) in [6.07, 6.45) is 1.52. The molecule has 72 valence electrons. The fourth-order valence-corrected chi connectivity index (χ4v) is 2.12. The minimum absolute atomic E-state index is 0.310. The molecule has 0 radical (unpaired) electrons. The van der Waals surface area contributed by atoms with Crippen LogP contribution in [0.5, 0.6) is 0 Å². The number of aromatic carboxylic acids is 1. The van der Waals surface area contributed by atoms with E-state index in [9.17, 15) is 4.79 Å². The average Bonchev–Trinajstić information content (AvgIpc) is 2.47. The maximum Gasteiger partial charge on any atom is 0.337 e. The van der Waals surface area contributed by atoms with Gasteiger partial charge in [0.05, 0.1) is 5.56 Å². The Labute approximate surface area is 88.9 Å². The summed E-state index contributed by atoms with van der Waals surface area (Å²) in [5.74, 6) is -0.909. The van der Waals surface area contributed by atoms with Crippen LogP contribution in [-0.4, -0.2) is 16.1 Å². The largest absolute Gasteiger partial charge is 0.478 e. The molecule has 0 amide bonds. The normalized spacial score (nSPS) is 10.7. The predicted octanol–water partition coefficient (Wildman–Crippen LogP) is 2.94. The van der Waals surface area contributed by atoms with Gasteiger partial charge in [-0.25, -0.2) is 4.79 Å². The Balaban J connectivity index is 2.85. The Bertz CT molecular complexity index is 516. The molecule has 4 heteroatoms. The molecule has 0 spiro atoms. The highest BCUT2D eigenvalue weighted by Gasteiger charge is 2.11. The summed E-state index contributed by atoms with van der Waals surface area (Å²) in [7, 11) is 0. The van der Waals surface area contributed by atoms with Gasteiger partial charge in [0.15, 0.2) is 0 Å². The maximum absolute atomic E-state index is 10.9. The standard InChI is InChI=1S/C10H8BrNO2/c1-5-2-6(11)3-7-8(10(13)14)4-12-9(5)7/h2-4,12H,1H3,(H,13,14). The lowest BCUT2D eigenvalue weighted by atomic mass is 10.1. The number of halogens is 1. The number of carboxylic acid groups (broad SMARTS) is 1. The quantitative estimate of drug-likeness (QED) is 0.821. The summed E-state index contributed by atoms with van der Waals surface area (Å²) in [6, 6.07) is 3.76. The van der Waals surface area contributed by atoms with Crippen molar-refractivity contribution in [3.05, 3.63) is 33.9 Å². The van der Waals surface area contributed by atoms with Crippen LogP contribution >= 0.6 is 15.9 Å². The first-order valence-electron chi connectivity index (χ1n) is 4.10. The van der Waals surface area contributed by atoms with Crippen molar-refractivity contribution < 1.29 is 9.90 Å². The second kappa shape index (κ2) is 3.13. The third kappa shape index (κ3) is 1.32.